The van der Waals surface area contributed by atoms with Crippen LogP contribution in [0.4, 0.5) is 5.69 Å². The van der Waals surface area contributed by atoms with E-state index in [0.29, 0.717) is 6.04 Å². The second kappa shape index (κ2) is 8.28. The highest BCUT2D eigenvalue weighted by Crippen LogP contribution is 2.28. The Labute approximate surface area is 149 Å². The average molecular weight is 338 g/mol. The Morgan fingerprint density at radius 3 is 2.80 bits per heavy atom. The molecule has 0 spiro atoms. The first-order valence-corrected chi connectivity index (χ1v) is 8.95. The van der Waals surface area contributed by atoms with Gasteiger partial charge in [0.15, 0.2) is 0 Å². The van der Waals surface area contributed by atoms with Crippen molar-refractivity contribution in [3.8, 4) is 0 Å². The smallest absolute Gasteiger partial charge is 0.221 e. The van der Waals surface area contributed by atoms with Gasteiger partial charge in [-0.15, -0.1) is 0 Å². The molecular formula is C21H26N2O2. The summed E-state index contributed by atoms with van der Waals surface area (Å²) in [4.78, 5) is 13.7. The first kappa shape index (κ1) is 17.6. The van der Waals surface area contributed by atoms with Crippen LogP contribution < -0.4 is 5.32 Å². The zero-order valence-corrected chi connectivity index (χ0v) is 14.7. The molecule has 0 aliphatic carbocycles. The van der Waals surface area contributed by atoms with E-state index in [4.69, 9.17) is 0 Å². The predicted molar refractivity (Wildman–Crippen MR) is 100 cm³/mol. The predicted octanol–water partition coefficient (Wildman–Crippen LogP) is 3.73. The lowest BCUT2D eigenvalue weighted by Crippen LogP contribution is -2.30. The van der Waals surface area contributed by atoms with Gasteiger partial charge < -0.3 is 10.4 Å². The highest BCUT2D eigenvalue weighted by atomic mass is 16.3. The van der Waals surface area contributed by atoms with Crippen LogP contribution >= 0.6 is 0 Å². The first-order valence-electron chi connectivity index (χ1n) is 8.95. The van der Waals surface area contributed by atoms with Gasteiger partial charge >= 0.3 is 0 Å². The van der Waals surface area contributed by atoms with E-state index in [1.165, 1.54) is 12.5 Å². The van der Waals surface area contributed by atoms with Gasteiger partial charge in [0, 0.05) is 25.2 Å². The lowest BCUT2D eigenvalue weighted by molar-refractivity contribution is -0.114. The minimum atomic E-state index is -0.419. The molecular weight excluding hydrogens is 312 g/mol. The molecule has 1 amide bonds. The Hall–Kier alpha value is -2.17. The molecule has 2 atom stereocenters. The summed E-state index contributed by atoms with van der Waals surface area (Å²) < 4.78 is 0. The Kier molecular flexibility index (Phi) is 5.84. The van der Waals surface area contributed by atoms with Crippen molar-refractivity contribution >= 4 is 11.6 Å². The highest BCUT2D eigenvalue weighted by Gasteiger charge is 2.27. The van der Waals surface area contributed by atoms with Gasteiger partial charge in [-0.25, -0.2) is 0 Å². The number of nitrogens with zero attached hydrogens (tertiary/aromatic N) is 1. The second-order valence-corrected chi connectivity index (χ2v) is 6.81. The molecule has 1 heterocycles. The van der Waals surface area contributed by atoms with Crippen molar-refractivity contribution in [2.24, 2.45) is 0 Å². The van der Waals surface area contributed by atoms with Gasteiger partial charge in [0.1, 0.15) is 0 Å². The van der Waals surface area contributed by atoms with E-state index in [9.17, 15) is 9.90 Å². The van der Waals surface area contributed by atoms with Crippen LogP contribution in [0.15, 0.2) is 54.6 Å². The van der Waals surface area contributed by atoms with Crippen LogP contribution in [0, 0.1) is 0 Å². The van der Waals surface area contributed by atoms with E-state index >= 15 is 0 Å². The summed E-state index contributed by atoms with van der Waals surface area (Å²) in [6.45, 7) is 3.42. The van der Waals surface area contributed by atoms with Crippen molar-refractivity contribution in [3.63, 3.8) is 0 Å². The van der Waals surface area contributed by atoms with E-state index in [0.717, 1.165) is 43.6 Å². The summed E-state index contributed by atoms with van der Waals surface area (Å²) >= 11 is 0. The van der Waals surface area contributed by atoms with Crippen molar-refractivity contribution in [2.45, 2.75) is 44.9 Å². The third-order valence-corrected chi connectivity index (χ3v) is 4.81. The molecule has 0 bridgehead atoms. The largest absolute Gasteiger partial charge is 0.388 e. The fourth-order valence-electron chi connectivity index (χ4n) is 3.62. The molecule has 1 aliphatic heterocycles. The molecule has 0 aromatic heterocycles. The zero-order valence-electron chi connectivity index (χ0n) is 14.7. The number of anilines is 1. The maximum absolute atomic E-state index is 11.2. The summed E-state index contributed by atoms with van der Waals surface area (Å²) in [7, 11) is 0. The summed E-state index contributed by atoms with van der Waals surface area (Å²) in [6.07, 6.45) is 2.62. The SMILES string of the molecule is CC(=O)Nc1cccc(CN2CCC[C@H]2C[C@@H](O)c2ccccc2)c1. The molecule has 2 N–H and O–H groups in total. The number of carbonyl (C=O) groups excluding carboxylic acids is 1. The van der Waals surface area contributed by atoms with Gasteiger partial charge in [-0.1, -0.05) is 42.5 Å². The standard InChI is InChI=1S/C21H26N2O2/c1-16(24)22-19-10-5-7-17(13-19)15-23-12-6-11-20(23)14-21(25)18-8-3-2-4-9-18/h2-5,7-10,13,20-21,25H,6,11-12,14-15H2,1H3,(H,22,24)/t20-,21+/m0/s1. The van der Waals surface area contributed by atoms with Gasteiger partial charge in [-0.05, 0) is 49.1 Å². The number of hydrogen-bond donors (Lipinski definition) is 2. The molecule has 2 aromatic carbocycles. The van der Waals surface area contributed by atoms with Gasteiger partial charge in [-0.3, -0.25) is 9.69 Å². The van der Waals surface area contributed by atoms with Crippen LogP contribution in [0.1, 0.15) is 43.4 Å². The van der Waals surface area contributed by atoms with E-state index in [1.807, 2.05) is 48.5 Å². The lowest BCUT2D eigenvalue weighted by Gasteiger charge is -2.26. The van der Waals surface area contributed by atoms with Crippen molar-refractivity contribution in [3.05, 3.63) is 65.7 Å². The number of nitrogens with one attached hydrogen (secondary N) is 1. The third-order valence-electron chi connectivity index (χ3n) is 4.81. The van der Waals surface area contributed by atoms with Crippen LogP contribution in [-0.2, 0) is 11.3 Å². The Morgan fingerprint density at radius 2 is 2.04 bits per heavy atom. The molecule has 0 saturated carbocycles. The Morgan fingerprint density at radius 1 is 1.24 bits per heavy atom. The fourth-order valence-corrected chi connectivity index (χ4v) is 3.62. The van der Waals surface area contributed by atoms with Crippen molar-refractivity contribution < 1.29 is 9.90 Å². The maximum Gasteiger partial charge on any atom is 0.221 e. The third kappa shape index (κ3) is 4.91. The number of aliphatic hydroxyl groups is 1. The maximum atomic E-state index is 11.2. The minimum absolute atomic E-state index is 0.0535. The summed E-state index contributed by atoms with van der Waals surface area (Å²) in [6, 6.07) is 18.3. The number of benzene rings is 2. The molecule has 132 valence electrons. The molecule has 4 heteroatoms. The molecule has 2 aromatic rings. The number of aliphatic hydroxyl groups excluding tert-OH is 1. The topological polar surface area (TPSA) is 52.6 Å². The molecule has 3 rings (SSSR count). The van der Waals surface area contributed by atoms with E-state index in [1.54, 1.807) is 0 Å². The van der Waals surface area contributed by atoms with Gasteiger partial charge in [-0.2, -0.15) is 0 Å². The van der Waals surface area contributed by atoms with Crippen LogP contribution in [0.2, 0.25) is 0 Å². The van der Waals surface area contributed by atoms with Gasteiger partial charge in [0.25, 0.3) is 0 Å². The second-order valence-electron chi connectivity index (χ2n) is 6.81. The molecule has 0 radical (unpaired) electrons. The quantitative estimate of drug-likeness (QED) is 0.844. The van der Waals surface area contributed by atoms with Gasteiger partial charge in [0.05, 0.1) is 6.10 Å². The van der Waals surface area contributed by atoms with E-state index in [-0.39, 0.29) is 5.91 Å². The lowest BCUT2D eigenvalue weighted by atomic mass is 10.0. The van der Waals surface area contributed by atoms with Crippen LogP contribution in [0.25, 0.3) is 0 Å². The summed E-state index contributed by atoms with van der Waals surface area (Å²) in [5.74, 6) is -0.0535. The monoisotopic (exact) mass is 338 g/mol. The molecule has 1 aliphatic rings. The molecule has 4 nitrogen and oxygen atoms in total. The number of likely N-dealkylation sites (tertiary alicyclic amines) is 1. The van der Waals surface area contributed by atoms with Crippen molar-refractivity contribution in [2.75, 3.05) is 11.9 Å². The number of carbonyl (C=O) groups is 1. The molecule has 1 fully saturated rings. The Balaban J connectivity index is 1.63. The molecule has 25 heavy (non-hydrogen) atoms. The number of amides is 1. The zero-order chi connectivity index (χ0) is 17.6. The van der Waals surface area contributed by atoms with Crippen molar-refractivity contribution in [1.82, 2.24) is 4.90 Å². The summed E-state index contributed by atoms with van der Waals surface area (Å²) in [5, 5.41) is 13.4. The molecule has 1 saturated heterocycles. The van der Waals surface area contributed by atoms with Gasteiger partial charge in [0.2, 0.25) is 5.91 Å². The van der Waals surface area contributed by atoms with E-state index < -0.39 is 6.10 Å². The fraction of sp³-hybridized carbons (Fsp3) is 0.381. The highest BCUT2D eigenvalue weighted by molar-refractivity contribution is 5.88. The molecule has 0 unspecified atom stereocenters. The van der Waals surface area contributed by atoms with Crippen LogP contribution in [0.3, 0.4) is 0 Å². The number of hydrogen-bond acceptors (Lipinski definition) is 3. The first-order chi connectivity index (χ1) is 12.1. The average Bonchev–Trinajstić information content (AvgIpc) is 3.02. The summed E-state index contributed by atoms with van der Waals surface area (Å²) in [5.41, 5.74) is 3.01. The Bertz CT molecular complexity index is 702. The number of rotatable bonds is 6. The normalized spacial score (nSPS) is 18.9. The van der Waals surface area contributed by atoms with E-state index in [2.05, 4.69) is 16.3 Å². The van der Waals surface area contributed by atoms with Crippen LogP contribution in [-0.4, -0.2) is 28.5 Å². The van der Waals surface area contributed by atoms with Crippen LogP contribution in [0.5, 0.6) is 0 Å². The van der Waals surface area contributed by atoms with Crippen molar-refractivity contribution in [1.29, 1.82) is 0 Å². The minimum Gasteiger partial charge on any atom is -0.388 e.